The number of amides is 2. The monoisotopic (exact) mass is 414 g/mol. The van der Waals surface area contributed by atoms with Gasteiger partial charge < -0.3 is 15.0 Å². The second-order valence-electron chi connectivity index (χ2n) is 7.97. The quantitative estimate of drug-likeness (QED) is 0.783. The predicted molar refractivity (Wildman–Crippen MR) is 107 cm³/mol. The van der Waals surface area contributed by atoms with Crippen LogP contribution in [-0.2, 0) is 0 Å². The lowest BCUT2D eigenvalue weighted by atomic mass is 9.98. The van der Waals surface area contributed by atoms with Gasteiger partial charge in [-0.15, -0.1) is 0 Å². The molecule has 0 unspecified atom stereocenters. The van der Waals surface area contributed by atoms with E-state index in [0.29, 0.717) is 37.1 Å². The minimum Gasteiger partial charge on any atom is -0.493 e. The van der Waals surface area contributed by atoms with Gasteiger partial charge in [0, 0.05) is 36.2 Å². The second-order valence-corrected chi connectivity index (χ2v) is 7.97. The number of carbonyl (C=O) groups excluding carboxylic acids is 2. The smallest absolute Gasteiger partial charge is 0.253 e. The molecule has 30 heavy (non-hydrogen) atoms. The van der Waals surface area contributed by atoms with Crippen molar-refractivity contribution in [3.05, 3.63) is 65.2 Å². The molecule has 5 nitrogen and oxygen atoms in total. The van der Waals surface area contributed by atoms with Gasteiger partial charge in [0.1, 0.15) is 5.75 Å². The van der Waals surface area contributed by atoms with Crippen molar-refractivity contribution in [3.63, 3.8) is 0 Å². The maximum atomic E-state index is 13.4. The molecule has 0 bridgehead atoms. The summed E-state index contributed by atoms with van der Waals surface area (Å²) in [5, 5.41) is 2.95. The van der Waals surface area contributed by atoms with E-state index < -0.39 is 11.6 Å². The summed E-state index contributed by atoms with van der Waals surface area (Å²) < 4.78 is 32.4. The molecule has 1 aliphatic heterocycles. The third kappa shape index (κ3) is 4.96. The van der Waals surface area contributed by atoms with E-state index in [9.17, 15) is 18.4 Å². The first-order valence-electron chi connectivity index (χ1n) is 10.3. The van der Waals surface area contributed by atoms with E-state index in [-0.39, 0.29) is 23.3 Å². The molecule has 0 radical (unpaired) electrons. The summed E-state index contributed by atoms with van der Waals surface area (Å²) in [7, 11) is 0. The van der Waals surface area contributed by atoms with Crippen molar-refractivity contribution in [2.75, 3.05) is 19.7 Å². The van der Waals surface area contributed by atoms with Crippen LogP contribution in [0.25, 0.3) is 0 Å². The third-order valence-electron chi connectivity index (χ3n) is 5.49. The number of hydrogen-bond acceptors (Lipinski definition) is 3. The van der Waals surface area contributed by atoms with Crippen molar-refractivity contribution in [2.45, 2.75) is 31.7 Å². The van der Waals surface area contributed by atoms with Gasteiger partial charge in [0.2, 0.25) is 0 Å². The number of piperidine rings is 1. The maximum absolute atomic E-state index is 13.4. The van der Waals surface area contributed by atoms with E-state index in [1.54, 1.807) is 29.2 Å². The van der Waals surface area contributed by atoms with Crippen LogP contribution in [0.15, 0.2) is 42.5 Å². The molecule has 0 aromatic heterocycles. The van der Waals surface area contributed by atoms with Crippen LogP contribution in [0.2, 0.25) is 0 Å². The molecular formula is C23H24F2N2O3. The normalized spacial score (nSPS) is 18.7. The zero-order valence-corrected chi connectivity index (χ0v) is 16.6. The molecule has 0 spiro atoms. The van der Waals surface area contributed by atoms with Gasteiger partial charge in [0.05, 0.1) is 6.61 Å². The standard InChI is InChI=1S/C23H24F2N2O3/c24-20-10-5-17(12-21(20)25)23(29)27-11-1-2-15(13-27)14-30-19-8-3-16(4-9-19)22(28)26-18-6-7-18/h3-5,8-10,12,15,18H,1-2,6-7,11,13-14H2,(H,26,28)/t15-/m1/s1. The number of nitrogens with one attached hydrogen (secondary N) is 1. The summed E-state index contributed by atoms with van der Waals surface area (Å²) in [6.45, 7) is 1.52. The van der Waals surface area contributed by atoms with Crippen molar-refractivity contribution in [3.8, 4) is 5.75 Å². The maximum Gasteiger partial charge on any atom is 0.253 e. The molecule has 2 amide bonds. The summed E-state index contributed by atoms with van der Waals surface area (Å²) in [5.74, 6) is -1.54. The summed E-state index contributed by atoms with van der Waals surface area (Å²) in [5.41, 5.74) is 0.755. The lowest BCUT2D eigenvalue weighted by molar-refractivity contribution is 0.0632. The van der Waals surface area contributed by atoms with Crippen LogP contribution in [-0.4, -0.2) is 42.5 Å². The number of rotatable bonds is 6. The first-order valence-corrected chi connectivity index (χ1v) is 10.3. The average molecular weight is 414 g/mol. The number of nitrogens with zero attached hydrogens (tertiary/aromatic N) is 1. The minimum absolute atomic E-state index is 0.0669. The van der Waals surface area contributed by atoms with Gasteiger partial charge >= 0.3 is 0 Å². The number of likely N-dealkylation sites (tertiary alicyclic amines) is 1. The van der Waals surface area contributed by atoms with Gasteiger partial charge in [-0.3, -0.25) is 9.59 Å². The molecule has 1 heterocycles. The van der Waals surface area contributed by atoms with Crippen LogP contribution in [0.1, 0.15) is 46.4 Å². The molecule has 2 aromatic rings. The lowest BCUT2D eigenvalue weighted by Gasteiger charge is -2.32. The summed E-state index contributed by atoms with van der Waals surface area (Å²) in [6.07, 6.45) is 3.83. The first-order chi connectivity index (χ1) is 14.5. The van der Waals surface area contributed by atoms with Crippen molar-refractivity contribution in [2.24, 2.45) is 5.92 Å². The van der Waals surface area contributed by atoms with Gasteiger partial charge in [-0.1, -0.05) is 0 Å². The minimum atomic E-state index is -1.02. The van der Waals surface area contributed by atoms with Gasteiger partial charge in [0.15, 0.2) is 11.6 Å². The first kappa shape index (κ1) is 20.3. The molecule has 4 rings (SSSR count). The van der Waals surface area contributed by atoms with Crippen LogP contribution in [0.5, 0.6) is 5.75 Å². The van der Waals surface area contributed by atoms with Crippen molar-refractivity contribution in [1.29, 1.82) is 0 Å². The molecule has 1 aliphatic carbocycles. The highest BCUT2D eigenvalue weighted by molar-refractivity contribution is 5.95. The highest BCUT2D eigenvalue weighted by atomic mass is 19.2. The molecule has 1 atom stereocenters. The fourth-order valence-corrected chi connectivity index (χ4v) is 3.61. The average Bonchev–Trinajstić information content (AvgIpc) is 3.58. The second kappa shape index (κ2) is 8.81. The van der Waals surface area contributed by atoms with Crippen molar-refractivity contribution in [1.82, 2.24) is 10.2 Å². The Hall–Kier alpha value is -2.96. The Morgan fingerprint density at radius 2 is 1.73 bits per heavy atom. The molecule has 2 aromatic carbocycles. The molecule has 1 N–H and O–H groups in total. The molecular weight excluding hydrogens is 390 g/mol. The Morgan fingerprint density at radius 3 is 2.43 bits per heavy atom. The van der Waals surface area contributed by atoms with Crippen LogP contribution < -0.4 is 10.1 Å². The zero-order chi connectivity index (χ0) is 21.1. The molecule has 7 heteroatoms. The number of benzene rings is 2. The van der Waals surface area contributed by atoms with E-state index in [0.717, 1.165) is 37.8 Å². The largest absolute Gasteiger partial charge is 0.493 e. The number of hydrogen-bond donors (Lipinski definition) is 1. The lowest BCUT2D eigenvalue weighted by Crippen LogP contribution is -2.41. The Labute approximate surface area is 174 Å². The number of halogens is 2. The van der Waals surface area contributed by atoms with E-state index in [1.165, 1.54) is 6.07 Å². The van der Waals surface area contributed by atoms with Crippen LogP contribution in [0.3, 0.4) is 0 Å². The Balaban J connectivity index is 1.30. The molecule has 1 saturated carbocycles. The summed E-state index contributed by atoms with van der Waals surface area (Å²) in [6, 6.07) is 10.6. The van der Waals surface area contributed by atoms with Crippen molar-refractivity contribution >= 4 is 11.8 Å². The van der Waals surface area contributed by atoms with Crippen LogP contribution >= 0.6 is 0 Å². The van der Waals surface area contributed by atoms with E-state index >= 15 is 0 Å². The zero-order valence-electron chi connectivity index (χ0n) is 16.6. The highest BCUT2D eigenvalue weighted by Gasteiger charge is 2.26. The van der Waals surface area contributed by atoms with Gasteiger partial charge in [-0.2, -0.15) is 0 Å². The molecule has 2 fully saturated rings. The van der Waals surface area contributed by atoms with Crippen LogP contribution in [0.4, 0.5) is 8.78 Å². The van der Waals surface area contributed by atoms with E-state index in [1.807, 2.05) is 0 Å². The highest BCUT2D eigenvalue weighted by Crippen LogP contribution is 2.22. The van der Waals surface area contributed by atoms with Crippen LogP contribution in [0, 0.1) is 17.6 Å². The van der Waals surface area contributed by atoms with Gasteiger partial charge in [-0.05, 0) is 68.1 Å². The fourth-order valence-electron chi connectivity index (χ4n) is 3.61. The Kier molecular flexibility index (Phi) is 5.97. The van der Waals surface area contributed by atoms with E-state index in [2.05, 4.69) is 5.32 Å². The molecule has 1 saturated heterocycles. The predicted octanol–water partition coefficient (Wildman–Crippen LogP) is 3.79. The Bertz CT molecular complexity index is 929. The summed E-state index contributed by atoms with van der Waals surface area (Å²) in [4.78, 5) is 26.3. The van der Waals surface area contributed by atoms with E-state index in [4.69, 9.17) is 4.74 Å². The van der Waals surface area contributed by atoms with Gasteiger partial charge in [0.25, 0.3) is 11.8 Å². The van der Waals surface area contributed by atoms with Crippen molar-refractivity contribution < 1.29 is 23.1 Å². The third-order valence-corrected chi connectivity index (χ3v) is 5.49. The fraction of sp³-hybridized carbons (Fsp3) is 0.391. The molecule has 2 aliphatic rings. The van der Waals surface area contributed by atoms with Gasteiger partial charge in [-0.25, -0.2) is 8.78 Å². The number of carbonyl (C=O) groups is 2. The SMILES string of the molecule is O=C(NC1CC1)c1ccc(OC[C@@H]2CCCN(C(=O)c3ccc(F)c(F)c3)C2)cc1. The number of ether oxygens (including phenoxy) is 1. The molecule has 158 valence electrons. The Morgan fingerprint density at radius 1 is 1.00 bits per heavy atom. The summed E-state index contributed by atoms with van der Waals surface area (Å²) >= 11 is 0. The topological polar surface area (TPSA) is 58.6 Å².